The van der Waals surface area contributed by atoms with E-state index in [2.05, 4.69) is 5.32 Å². The van der Waals surface area contributed by atoms with Gasteiger partial charge in [0.05, 0.1) is 25.6 Å². The molecule has 0 fully saturated rings. The Kier molecular flexibility index (Phi) is 6.03. The first-order chi connectivity index (χ1) is 11.8. The smallest absolute Gasteiger partial charge is 0.251 e. The fourth-order valence-corrected chi connectivity index (χ4v) is 3.37. The van der Waals surface area contributed by atoms with Crippen LogP contribution in [0.25, 0.3) is 0 Å². The van der Waals surface area contributed by atoms with E-state index in [0.717, 1.165) is 11.8 Å². The highest BCUT2D eigenvalue weighted by Crippen LogP contribution is 2.22. The molecule has 0 aliphatic heterocycles. The van der Waals surface area contributed by atoms with Gasteiger partial charge in [-0.15, -0.1) is 0 Å². The molecule has 0 heterocycles. The van der Waals surface area contributed by atoms with Crippen LogP contribution >= 0.6 is 0 Å². The Morgan fingerprint density at radius 3 is 2.52 bits per heavy atom. The summed E-state index contributed by atoms with van der Waals surface area (Å²) >= 11 is 0. The highest BCUT2D eigenvalue weighted by atomic mass is 32.2. The minimum Gasteiger partial charge on any atom is -0.497 e. The van der Waals surface area contributed by atoms with E-state index < -0.39 is 10.0 Å². The molecule has 0 aliphatic carbocycles. The van der Waals surface area contributed by atoms with Crippen LogP contribution < -0.4 is 14.4 Å². The molecule has 7 heteroatoms. The number of hydrogen-bond donors (Lipinski definition) is 1. The normalized spacial score (nSPS) is 11.0. The van der Waals surface area contributed by atoms with Gasteiger partial charge in [0.15, 0.2) is 0 Å². The minimum atomic E-state index is -3.49. The van der Waals surface area contributed by atoms with E-state index in [0.29, 0.717) is 17.0 Å². The van der Waals surface area contributed by atoms with Crippen molar-refractivity contribution in [3.8, 4) is 5.75 Å². The Balaban J connectivity index is 2.09. The predicted octanol–water partition coefficient (Wildman–Crippen LogP) is 2.20. The highest BCUT2D eigenvalue weighted by Gasteiger charge is 2.18. The van der Waals surface area contributed by atoms with Crippen molar-refractivity contribution in [3.05, 3.63) is 59.7 Å². The number of hydrogen-bond acceptors (Lipinski definition) is 4. The lowest BCUT2D eigenvalue weighted by Crippen LogP contribution is -2.38. The third-order valence-corrected chi connectivity index (χ3v) is 4.93. The van der Waals surface area contributed by atoms with E-state index in [1.165, 1.54) is 11.4 Å². The van der Waals surface area contributed by atoms with Crippen molar-refractivity contribution < 1.29 is 17.9 Å². The number of sulfonamides is 1. The van der Waals surface area contributed by atoms with Gasteiger partial charge in [-0.2, -0.15) is 0 Å². The van der Waals surface area contributed by atoms with Crippen LogP contribution in [0.5, 0.6) is 5.75 Å². The molecule has 0 spiro atoms. The second kappa shape index (κ2) is 8.02. The standard InChI is InChI=1S/C18H22N2O4S/c1-14-7-4-5-10-17(14)18(21)19-11-12-20(25(3,22)23)15-8-6-9-16(13-15)24-2/h4-10,13H,11-12H2,1-3H3,(H,19,21). The summed E-state index contributed by atoms with van der Waals surface area (Å²) in [5.74, 6) is 0.340. The average Bonchev–Trinajstić information content (AvgIpc) is 2.58. The quantitative estimate of drug-likeness (QED) is 0.819. The van der Waals surface area contributed by atoms with E-state index in [9.17, 15) is 13.2 Å². The number of carbonyl (C=O) groups is 1. The van der Waals surface area contributed by atoms with Gasteiger partial charge in [0.2, 0.25) is 10.0 Å². The molecule has 0 unspecified atom stereocenters. The molecule has 2 aromatic carbocycles. The molecule has 0 radical (unpaired) electrons. The summed E-state index contributed by atoms with van der Waals surface area (Å²) < 4.78 is 30.6. The molecule has 1 N–H and O–H groups in total. The first kappa shape index (κ1) is 18.8. The Morgan fingerprint density at radius 1 is 1.16 bits per heavy atom. The van der Waals surface area contributed by atoms with Crippen LogP contribution in [0.3, 0.4) is 0 Å². The SMILES string of the molecule is COc1cccc(N(CCNC(=O)c2ccccc2C)S(C)(=O)=O)c1. The van der Waals surface area contributed by atoms with Crippen molar-refractivity contribution >= 4 is 21.6 Å². The van der Waals surface area contributed by atoms with Crippen molar-refractivity contribution in [2.45, 2.75) is 6.92 Å². The maximum absolute atomic E-state index is 12.2. The summed E-state index contributed by atoms with van der Waals surface area (Å²) in [6, 6.07) is 14.0. The molecule has 134 valence electrons. The summed E-state index contributed by atoms with van der Waals surface area (Å²) in [4.78, 5) is 12.2. The van der Waals surface area contributed by atoms with E-state index in [-0.39, 0.29) is 19.0 Å². The molecule has 0 bridgehead atoms. The first-order valence-corrected chi connectivity index (χ1v) is 9.63. The van der Waals surface area contributed by atoms with Gasteiger partial charge in [0.1, 0.15) is 5.75 Å². The maximum Gasteiger partial charge on any atom is 0.251 e. The number of aryl methyl sites for hydroxylation is 1. The number of anilines is 1. The van der Waals surface area contributed by atoms with Crippen molar-refractivity contribution in [1.82, 2.24) is 5.32 Å². The van der Waals surface area contributed by atoms with Gasteiger partial charge in [-0.25, -0.2) is 8.42 Å². The van der Waals surface area contributed by atoms with Crippen LogP contribution in [-0.4, -0.2) is 40.8 Å². The lowest BCUT2D eigenvalue weighted by molar-refractivity contribution is 0.0954. The van der Waals surface area contributed by atoms with E-state index >= 15 is 0 Å². The van der Waals surface area contributed by atoms with E-state index in [1.807, 2.05) is 19.1 Å². The zero-order valence-electron chi connectivity index (χ0n) is 14.5. The fraction of sp³-hybridized carbons (Fsp3) is 0.278. The molecule has 0 atom stereocenters. The maximum atomic E-state index is 12.2. The summed E-state index contributed by atoms with van der Waals surface area (Å²) in [6.07, 6.45) is 1.13. The van der Waals surface area contributed by atoms with Gasteiger partial charge in [-0.05, 0) is 30.7 Å². The fourth-order valence-electron chi connectivity index (χ4n) is 2.45. The van der Waals surface area contributed by atoms with Crippen LogP contribution in [0, 0.1) is 6.92 Å². The minimum absolute atomic E-state index is 0.129. The molecule has 2 aromatic rings. The Morgan fingerprint density at radius 2 is 1.88 bits per heavy atom. The first-order valence-electron chi connectivity index (χ1n) is 7.78. The number of methoxy groups -OCH3 is 1. The zero-order valence-corrected chi connectivity index (χ0v) is 15.3. The largest absolute Gasteiger partial charge is 0.497 e. The lowest BCUT2D eigenvalue weighted by atomic mass is 10.1. The topological polar surface area (TPSA) is 75.7 Å². The summed E-state index contributed by atoms with van der Waals surface area (Å²) in [5, 5.41) is 2.76. The Labute approximate surface area is 148 Å². The molecule has 1 amide bonds. The Bertz CT molecular complexity index is 850. The number of nitrogens with zero attached hydrogens (tertiary/aromatic N) is 1. The number of rotatable bonds is 7. The second-order valence-corrected chi connectivity index (χ2v) is 7.51. The third kappa shape index (κ3) is 4.96. The van der Waals surface area contributed by atoms with Crippen molar-refractivity contribution in [2.24, 2.45) is 0 Å². The third-order valence-electron chi connectivity index (χ3n) is 3.73. The van der Waals surface area contributed by atoms with Gasteiger partial charge < -0.3 is 10.1 Å². The summed E-state index contributed by atoms with van der Waals surface area (Å²) in [5.41, 5.74) is 1.94. The lowest BCUT2D eigenvalue weighted by Gasteiger charge is -2.23. The van der Waals surface area contributed by atoms with Gasteiger partial charge >= 0.3 is 0 Å². The van der Waals surface area contributed by atoms with Crippen molar-refractivity contribution in [3.63, 3.8) is 0 Å². The number of nitrogens with one attached hydrogen (secondary N) is 1. The van der Waals surface area contributed by atoms with Crippen LogP contribution in [0.2, 0.25) is 0 Å². The molecule has 0 saturated heterocycles. The van der Waals surface area contributed by atoms with E-state index in [1.54, 1.807) is 36.4 Å². The summed E-state index contributed by atoms with van der Waals surface area (Å²) in [6.45, 7) is 2.18. The molecule has 25 heavy (non-hydrogen) atoms. The van der Waals surface area contributed by atoms with E-state index in [4.69, 9.17) is 4.74 Å². The molecular formula is C18H22N2O4S. The number of amides is 1. The van der Waals surface area contributed by atoms with Crippen LogP contribution in [0.4, 0.5) is 5.69 Å². The molecule has 0 aromatic heterocycles. The van der Waals surface area contributed by atoms with Crippen LogP contribution in [0.1, 0.15) is 15.9 Å². The molecule has 0 saturated carbocycles. The zero-order chi connectivity index (χ0) is 18.4. The summed E-state index contributed by atoms with van der Waals surface area (Å²) in [7, 11) is -1.97. The Hall–Kier alpha value is -2.54. The average molecular weight is 362 g/mol. The van der Waals surface area contributed by atoms with Crippen molar-refractivity contribution in [1.29, 1.82) is 0 Å². The van der Waals surface area contributed by atoms with Gasteiger partial charge in [0, 0.05) is 18.2 Å². The number of benzene rings is 2. The predicted molar refractivity (Wildman–Crippen MR) is 98.7 cm³/mol. The van der Waals surface area contributed by atoms with Crippen LogP contribution in [-0.2, 0) is 10.0 Å². The van der Waals surface area contributed by atoms with Crippen molar-refractivity contribution in [2.75, 3.05) is 30.8 Å². The highest BCUT2D eigenvalue weighted by molar-refractivity contribution is 7.92. The number of ether oxygens (including phenoxy) is 1. The molecule has 0 aliphatic rings. The van der Waals surface area contributed by atoms with Gasteiger partial charge in [0.25, 0.3) is 5.91 Å². The molecular weight excluding hydrogens is 340 g/mol. The van der Waals surface area contributed by atoms with Gasteiger partial charge in [-0.1, -0.05) is 24.3 Å². The monoisotopic (exact) mass is 362 g/mol. The second-order valence-electron chi connectivity index (χ2n) is 5.61. The number of carbonyl (C=O) groups excluding carboxylic acids is 1. The van der Waals surface area contributed by atoms with Crippen LogP contribution in [0.15, 0.2) is 48.5 Å². The molecule has 6 nitrogen and oxygen atoms in total. The van der Waals surface area contributed by atoms with Gasteiger partial charge in [-0.3, -0.25) is 9.10 Å². The molecule has 2 rings (SSSR count).